The number of carbonyl (C=O) groups excluding carboxylic acids is 1. The molecule has 0 fully saturated rings. The number of amides is 1. The first-order chi connectivity index (χ1) is 8.70. The van der Waals surface area contributed by atoms with E-state index in [1.807, 2.05) is 30.3 Å². The molecular formula is C14H10N2OS. The molecule has 4 heteroatoms. The number of primary amides is 1. The van der Waals surface area contributed by atoms with Gasteiger partial charge in [0.2, 0.25) is 5.91 Å². The summed E-state index contributed by atoms with van der Waals surface area (Å²) >= 11 is 1.48. The van der Waals surface area contributed by atoms with Crippen LogP contribution in [0.2, 0.25) is 0 Å². The SMILES string of the molecule is N#Cc1ccccc1Sc1ccc(C(N)=O)cc1. The molecule has 0 radical (unpaired) electrons. The number of nitrogens with two attached hydrogens (primary N) is 1. The summed E-state index contributed by atoms with van der Waals surface area (Å²) in [6, 6.07) is 16.5. The van der Waals surface area contributed by atoms with Crippen LogP contribution in [0.1, 0.15) is 15.9 Å². The van der Waals surface area contributed by atoms with Crippen LogP contribution < -0.4 is 5.73 Å². The van der Waals surface area contributed by atoms with E-state index in [1.54, 1.807) is 18.2 Å². The van der Waals surface area contributed by atoms with Crippen LogP contribution in [-0.2, 0) is 0 Å². The van der Waals surface area contributed by atoms with Crippen molar-refractivity contribution >= 4 is 17.7 Å². The minimum Gasteiger partial charge on any atom is -0.366 e. The van der Waals surface area contributed by atoms with Gasteiger partial charge in [0.05, 0.1) is 5.56 Å². The van der Waals surface area contributed by atoms with Gasteiger partial charge in [0.1, 0.15) is 6.07 Å². The van der Waals surface area contributed by atoms with Crippen LogP contribution in [0.5, 0.6) is 0 Å². The molecule has 0 atom stereocenters. The molecule has 0 heterocycles. The van der Waals surface area contributed by atoms with Crippen molar-refractivity contribution in [1.82, 2.24) is 0 Å². The van der Waals surface area contributed by atoms with Crippen molar-refractivity contribution in [3.05, 3.63) is 59.7 Å². The lowest BCUT2D eigenvalue weighted by Crippen LogP contribution is -2.10. The highest BCUT2D eigenvalue weighted by atomic mass is 32.2. The monoisotopic (exact) mass is 254 g/mol. The average Bonchev–Trinajstić information content (AvgIpc) is 2.40. The summed E-state index contributed by atoms with van der Waals surface area (Å²) in [7, 11) is 0. The van der Waals surface area contributed by atoms with Gasteiger partial charge in [-0.2, -0.15) is 5.26 Å². The molecule has 18 heavy (non-hydrogen) atoms. The smallest absolute Gasteiger partial charge is 0.248 e. The number of rotatable bonds is 3. The lowest BCUT2D eigenvalue weighted by atomic mass is 10.2. The Morgan fingerprint density at radius 1 is 1.11 bits per heavy atom. The Balaban J connectivity index is 2.24. The number of benzene rings is 2. The molecule has 0 unspecified atom stereocenters. The van der Waals surface area contributed by atoms with E-state index in [1.165, 1.54) is 11.8 Å². The van der Waals surface area contributed by atoms with Crippen LogP contribution in [0.25, 0.3) is 0 Å². The molecule has 1 amide bonds. The maximum atomic E-state index is 10.9. The minimum absolute atomic E-state index is 0.441. The summed E-state index contributed by atoms with van der Waals surface area (Å²) < 4.78 is 0. The highest BCUT2D eigenvalue weighted by Gasteiger charge is 2.04. The molecule has 0 bridgehead atoms. The Morgan fingerprint density at radius 2 is 1.78 bits per heavy atom. The first-order valence-corrected chi connectivity index (χ1v) is 6.09. The van der Waals surface area contributed by atoms with E-state index in [4.69, 9.17) is 11.0 Å². The maximum absolute atomic E-state index is 10.9. The van der Waals surface area contributed by atoms with Crippen LogP contribution in [0.15, 0.2) is 58.3 Å². The van der Waals surface area contributed by atoms with E-state index >= 15 is 0 Å². The fourth-order valence-corrected chi connectivity index (χ4v) is 2.36. The van der Waals surface area contributed by atoms with Crippen molar-refractivity contribution in [2.45, 2.75) is 9.79 Å². The van der Waals surface area contributed by atoms with Crippen molar-refractivity contribution in [1.29, 1.82) is 5.26 Å². The topological polar surface area (TPSA) is 66.9 Å². The third-order valence-electron chi connectivity index (χ3n) is 2.37. The molecule has 3 nitrogen and oxygen atoms in total. The van der Waals surface area contributed by atoms with Crippen molar-refractivity contribution in [2.75, 3.05) is 0 Å². The van der Waals surface area contributed by atoms with Gasteiger partial charge in [-0.25, -0.2) is 0 Å². The Hall–Kier alpha value is -2.25. The van der Waals surface area contributed by atoms with Gasteiger partial charge in [-0.05, 0) is 36.4 Å². The second-order valence-electron chi connectivity index (χ2n) is 3.60. The number of hydrogen-bond acceptors (Lipinski definition) is 3. The Bertz CT molecular complexity index is 614. The van der Waals surface area contributed by atoms with E-state index in [-0.39, 0.29) is 0 Å². The molecule has 0 saturated heterocycles. The zero-order valence-electron chi connectivity index (χ0n) is 9.46. The predicted octanol–water partition coefficient (Wildman–Crippen LogP) is 2.81. The van der Waals surface area contributed by atoms with E-state index in [9.17, 15) is 4.79 Å². The summed E-state index contributed by atoms with van der Waals surface area (Å²) in [5.74, 6) is -0.441. The first kappa shape index (κ1) is 12.2. The normalized spacial score (nSPS) is 9.72. The van der Waals surface area contributed by atoms with E-state index in [0.29, 0.717) is 11.1 Å². The number of hydrogen-bond donors (Lipinski definition) is 1. The Morgan fingerprint density at radius 3 is 2.39 bits per heavy atom. The maximum Gasteiger partial charge on any atom is 0.248 e. The Kier molecular flexibility index (Phi) is 3.66. The second-order valence-corrected chi connectivity index (χ2v) is 4.71. The fourth-order valence-electron chi connectivity index (χ4n) is 1.46. The summed E-state index contributed by atoms with van der Waals surface area (Å²) in [6.45, 7) is 0. The van der Waals surface area contributed by atoms with Crippen LogP contribution >= 0.6 is 11.8 Å². The van der Waals surface area contributed by atoms with Gasteiger partial charge in [-0.15, -0.1) is 0 Å². The van der Waals surface area contributed by atoms with Crippen molar-refractivity contribution in [3.8, 4) is 6.07 Å². The molecule has 2 aromatic rings. The van der Waals surface area contributed by atoms with Gasteiger partial charge >= 0.3 is 0 Å². The van der Waals surface area contributed by atoms with Crippen molar-refractivity contribution in [3.63, 3.8) is 0 Å². The average molecular weight is 254 g/mol. The lowest BCUT2D eigenvalue weighted by Gasteiger charge is -2.04. The zero-order chi connectivity index (χ0) is 13.0. The molecule has 2 rings (SSSR count). The summed E-state index contributed by atoms with van der Waals surface area (Å²) in [6.07, 6.45) is 0. The van der Waals surface area contributed by atoms with Gasteiger partial charge in [0.15, 0.2) is 0 Å². The summed E-state index contributed by atoms with van der Waals surface area (Å²) in [5.41, 5.74) is 6.29. The standard InChI is InChI=1S/C14H10N2OS/c15-9-11-3-1-2-4-13(11)18-12-7-5-10(6-8-12)14(16)17/h1-8H,(H2,16,17). The quantitative estimate of drug-likeness (QED) is 0.915. The van der Waals surface area contributed by atoms with Crippen LogP contribution in [0.4, 0.5) is 0 Å². The lowest BCUT2D eigenvalue weighted by molar-refractivity contribution is 0.1000. The molecule has 2 aromatic carbocycles. The van der Waals surface area contributed by atoms with Gasteiger partial charge in [-0.1, -0.05) is 23.9 Å². The molecule has 0 aliphatic heterocycles. The minimum atomic E-state index is -0.441. The number of nitriles is 1. The van der Waals surface area contributed by atoms with E-state index in [0.717, 1.165) is 9.79 Å². The second kappa shape index (κ2) is 5.39. The fraction of sp³-hybridized carbons (Fsp3) is 0. The molecule has 0 aliphatic rings. The summed E-state index contributed by atoms with van der Waals surface area (Å²) in [5, 5.41) is 8.99. The molecule has 0 saturated carbocycles. The van der Waals surface area contributed by atoms with E-state index < -0.39 is 5.91 Å². The molecule has 0 aromatic heterocycles. The Labute approximate surface area is 109 Å². The molecule has 88 valence electrons. The molecule has 0 spiro atoms. The van der Waals surface area contributed by atoms with Crippen LogP contribution in [-0.4, -0.2) is 5.91 Å². The van der Waals surface area contributed by atoms with Gasteiger partial charge in [0.25, 0.3) is 0 Å². The third kappa shape index (κ3) is 2.70. The zero-order valence-corrected chi connectivity index (χ0v) is 10.3. The van der Waals surface area contributed by atoms with Gasteiger partial charge < -0.3 is 5.73 Å². The largest absolute Gasteiger partial charge is 0.366 e. The van der Waals surface area contributed by atoms with Crippen LogP contribution in [0, 0.1) is 11.3 Å². The molecule has 0 aliphatic carbocycles. The number of carbonyl (C=O) groups is 1. The summed E-state index contributed by atoms with van der Waals surface area (Å²) in [4.78, 5) is 12.8. The van der Waals surface area contributed by atoms with Crippen molar-refractivity contribution in [2.24, 2.45) is 5.73 Å². The van der Waals surface area contributed by atoms with E-state index in [2.05, 4.69) is 6.07 Å². The predicted molar refractivity (Wildman–Crippen MR) is 70.2 cm³/mol. The van der Waals surface area contributed by atoms with Gasteiger partial charge in [-0.3, -0.25) is 4.79 Å². The molecule has 2 N–H and O–H groups in total. The molecular weight excluding hydrogens is 244 g/mol. The van der Waals surface area contributed by atoms with Gasteiger partial charge in [0, 0.05) is 15.4 Å². The highest BCUT2D eigenvalue weighted by Crippen LogP contribution is 2.30. The van der Waals surface area contributed by atoms with Crippen molar-refractivity contribution < 1.29 is 4.79 Å². The van der Waals surface area contributed by atoms with Crippen LogP contribution in [0.3, 0.4) is 0 Å². The first-order valence-electron chi connectivity index (χ1n) is 5.27. The highest BCUT2D eigenvalue weighted by molar-refractivity contribution is 7.99. The number of nitrogens with zero attached hydrogens (tertiary/aromatic N) is 1. The third-order valence-corrected chi connectivity index (χ3v) is 3.46.